The van der Waals surface area contributed by atoms with Crippen LogP contribution in [0.3, 0.4) is 0 Å². The first-order chi connectivity index (χ1) is 25.1. The highest BCUT2D eigenvalue weighted by Crippen LogP contribution is 2.39. The molecule has 0 saturated carbocycles. The van der Waals surface area contributed by atoms with Crippen molar-refractivity contribution in [1.82, 2.24) is 19.1 Å². The predicted octanol–water partition coefficient (Wildman–Crippen LogP) is 4.12. The standard InChI is InChI=1S/C32H38N4O14S4/c1-21-15-25(49-19-53(43,44)45)18-26(31(21)50-20-54(46,47)48)32-34-27-9-7-24(17-30(27)36(32)12-4-6-14-52(40,41)42)23-8-10-29-28(16-23)33-22(2)35(29)11-3-5-13-51(37,38)39/h7-10,15-18H,3-6,11-14,19-20H2,1-2H3,(H,37,38,39)(H,40,41,42)(H,43,44,45)(H,46,47,48). The van der Waals surface area contributed by atoms with Crippen molar-refractivity contribution in [2.24, 2.45) is 0 Å². The van der Waals surface area contributed by atoms with Crippen LogP contribution >= 0.6 is 0 Å². The highest BCUT2D eigenvalue weighted by Gasteiger charge is 2.23. The van der Waals surface area contributed by atoms with Crippen molar-refractivity contribution >= 4 is 62.5 Å². The Kier molecular flexibility index (Phi) is 12.1. The molecule has 54 heavy (non-hydrogen) atoms. The second kappa shape index (κ2) is 15.9. The first-order valence-electron chi connectivity index (χ1n) is 16.3. The fraction of sp³-hybridized carbons (Fsp3) is 0.375. The van der Waals surface area contributed by atoms with E-state index in [2.05, 4.69) is 4.98 Å². The van der Waals surface area contributed by atoms with E-state index in [1.54, 1.807) is 10.6 Å². The van der Waals surface area contributed by atoms with E-state index in [1.165, 1.54) is 19.1 Å². The van der Waals surface area contributed by atoms with Crippen molar-refractivity contribution in [3.63, 3.8) is 0 Å². The van der Waals surface area contributed by atoms with Gasteiger partial charge in [0.15, 0.2) is 0 Å². The molecular weight excluding hydrogens is 793 g/mol. The van der Waals surface area contributed by atoms with Crippen LogP contribution in [0.4, 0.5) is 0 Å². The quantitative estimate of drug-likeness (QED) is 0.0714. The Hall–Kier alpha value is -4.16. The van der Waals surface area contributed by atoms with Gasteiger partial charge in [-0.1, -0.05) is 12.1 Å². The Morgan fingerprint density at radius 3 is 1.78 bits per heavy atom. The van der Waals surface area contributed by atoms with E-state index in [1.807, 2.05) is 41.8 Å². The third-order valence-corrected chi connectivity index (χ3v) is 10.7. The van der Waals surface area contributed by atoms with E-state index in [-0.39, 0.29) is 60.0 Å². The van der Waals surface area contributed by atoms with Crippen LogP contribution in [0.15, 0.2) is 48.5 Å². The molecule has 0 spiro atoms. The maximum absolute atomic E-state index is 11.7. The molecule has 0 saturated heterocycles. The smallest absolute Gasteiger partial charge is 0.300 e. The van der Waals surface area contributed by atoms with Crippen LogP contribution < -0.4 is 9.47 Å². The van der Waals surface area contributed by atoms with Crippen LogP contribution in [-0.2, 0) is 53.6 Å². The molecule has 2 aromatic heterocycles. The summed E-state index contributed by atoms with van der Waals surface area (Å²) in [5.74, 6) is -2.28. The molecule has 5 rings (SSSR count). The van der Waals surface area contributed by atoms with Crippen LogP contribution in [0.25, 0.3) is 44.6 Å². The van der Waals surface area contributed by atoms with Crippen LogP contribution in [0.5, 0.6) is 11.5 Å². The zero-order valence-corrected chi connectivity index (χ0v) is 32.2. The minimum Gasteiger partial charge on any atom is -0.475 e. The topological polar surface area (TPSA) is 272 Å². The summed E-state index contributed by atoms with van der Waals surface area (Å²) in [4.78, 5) is 9.45. The number of unbranched alkanes of at least 4 members (excludes halogenated alkanes) is 2. The van der Waals surface area contributed by atoms with E-state index in [0.29, 0.717) is 35.3 Å². The Bertz CT molecular complexity index is 2650. The molecule has 0 unspecified atom stereocenters. The molecule has 0 aliphatic rings. The summed E-state index contributed by atoms with van der Waals surface area (Å²) in [5, 5.41) is 0. The second-order valence-electron chi connectivity index (χ2n) is 12.6. The lowest BCUT2D eigenvalue weighted by molar-refractivity contribution is 0.344. The number of fused-ring (bicyclic) bond motifs is 2. The number of hydrogen-bond acceptors (Lipinski definition) is 12. The van der Waals surface area contributed by atoms with Crippen molar-refractivity contribution < 1.29 is 61.4 Å². The first kappa shape index (κ1) is 41.0. The summed E-state index contributed by atoms with van der Waals surface area (Å²) in [6.45, 7) is 3.96. The van der Waals surface area contributed by atoms with E-state index >= 15 is 0 Å². The summed E-state index contributed by atoms with van der Waals surface area (Å²) in [6, 6.07) is 13.7. The van der Waals surface area contributed by atoms with Gasteiger partial charge >= 0.3 is 20.2 Å². The third kappa shape index (κ3) is 11.0. The lowest BCUT2D eigenvalue weighted by Gasteiger charge is -2.17. The van der Waals surface area contributed by atoms with E-state index in [0.717, 1.165) is 16.6 Å². The third-order valence-electron chi connectivity index (χ3n) is 8.30. The molecule has 2 heterocycles. The molecule has 22 heteroatoms. The van der Waals surface area contributed by atoms with Crippen molar-refractivity contribution in [2.75, 3.05) is 23.4 Å². The van der Waals surface area contributed by atoms with E-state index in [9.17, 15) is 47.3 Å². The molecular formula is C32H38N4O14S4. The fourth-order valence-corrected chi connectivity index (χ4v) is 7.70. The molecule has 3 aromatic carbocycles. The summed E-state index contributed by atoms with van der Waals surface area (Å²) < 4.78 is 143. The molecule has 0 bridgehead atoms. The Labute approximate surface area is 311 Å². The van der Waals surface area contributed by atoms with Crippen LogP contribution in [-0.4, -0.2) is 94.4 Å². The van der Waals surface area contributed by atoms with E-state index < -0.39 is 58.1 Å². The molecule has 0 radical (unpaired) electrons. The molecule has 0 atom stereocenters. The second-order valence-corrected chi connectivity index (χ2v) is 18.5. The summed E-state index contributed by atoms with van der Waals surface area (Å²) in [7, 11) is -17.5. The van der Waals surface area contributed by atoms with Gasteiger partial charge in [0.05, 0.1) is 39.1 Å². The maximum atomic E-state index is 11.7. The average Bonchev–Trinajstić information content (AvgIpc) is 3.57. The van der Waals surface area contributed by atoms with Gasteiger partial charge in [0.1, 0.15) is 23.1 Å². The fourth-order valence-electron chi connectivity index (χ4n) is 6.01. The van der Waals surface area contributed by atoms with Gasteiger partial charge in [-0.15, -0.1) is 0 Å². The normalized spacial score (nSPS) is 12.9. The molecule has 0 amide bonds. The zero-order valence-electron chi connectivity index (χ0n) is 29.0. The van der Waals surface area contributed by atoms with Crippen molar-refractivity contribution in [3.8, 4) is 34.0 Å². The maximum Gasteiger partial charge on any atom is 0.300 e. The number of ether oxygens (including phenoxy) is 2. The van der Waals surface area contributed by atoms with Gasteiger partial charge in [0, 0.05) is 13.1 Å². The van der Waals surface area contributed by atoms with Gasteiger partial charge < -0.3 is 18.6 Å². The average molecular weight is 831 g/mol. The number of benzene rings is 3. The molecule has 294 valence electrons. The van der Waals surface area contributed by atoms with Gasteiger partial charge in [-0.25, -0.2) is 9.97 Å². The Balaban J connectivity index is 1.60. The molecule has 5 aromatic rings. The van der Waals surface area contributed by atoms with Gasteiger partial charge in [-0.3, -0.25) is 18.2 Å². The lowest BCUT2D eigenvalue weighted by atomic mass is 10.0. The molecule has 18 nitrogen and oxygen atoms in total. The predicted molar refractivity (Wildman–Crippen MR) is 199 cm³/mol. The molecule has 0 aliphatic carbocycles. The van der Waals surface area contributed by atoms with Gasteiger partial charge in [-0.2, -0.15) is 33.7 Å². The minimum atomic E-state index is -4.62. The molecule has 0 fully saturated rings. The SMILES string of the molecule is Cc1cc(OCS(=O)(=O)O)cc(-c2nc3ccc(-c4ccc5c(c4)nc(C)n5CCCCS(=O)(=O)O)cc3n2CCCCS(=O)(=O)O)c1OCS(=O)(=O)O. The number of rotatable bonds is 18. The van der Waals surface area contributed by atoms with Gasteiger partial charge in [-0.05, 0) is 92.6 Å². The van der Waals surface area contributed by atoms with Crippen molar-refractivity contribution in [1.29, 1.82) is 0 Å². The summed E-state index contributed by atoms with van der Waals surface area (Å²) in [5.41, 5.74) is 4.39. The Morgan fingerprint density at radius 2 is 1.17 bits per heavy atom. The van der Waals surface area contributed by atoms with E-state index in [4.69, 9.17) is 19.0 Å². The van der Waals surface area contributed by atoms with Crippen LogP contribution in [0.2, 0.25) is 0 Å². The number of aryl methyl sites for hydroxylation is 4. The number of imidazole rings is 2. The summed E-state index contributed by atoms with van der Waals surface area (Å²) >= 11 is 0. The minimum absolute atomic E-state index is 0.0454. The first-order valence-corrected chi connectivity index (χ1v) is 22.7. The molecule has 0 aliphatic heterocycles. The highest BCUT2D eigenvalue weighted by atomic mass is 32.2. The number of aromatic nitrogens is 4. The van der Waals surface area contributed by atoms with Gasteiger partial charge in [0.25, 0.3) is 20.2 Å². The van der Waals surface area contributed by atoms with Crippen molar-refractivity contribution in [2.45, 2.75) is 52.6 Å². The number of hydrogen-bond donors (Lipinski definition) is 4. The lowest BCUT2D eigenvalue weighted by Crippen LogP contribution is -2.13. The Morgan fingerprint density at radius 1 is 0.593 bits per heavy atom. The van der Waals surface area contributed by atoms with Crippen LogP contribution in [0.1, 0.15) is 37.1 Å². The molecule has 4 N–H and O–H groups in total. The van der Waals surface area contributed by atoms with Crippen LogP contribution in [0, 0.1) is 13.8 Å². The number of nitrogens with zero attached hydrogens (tertiary/aromatic N) is 4. The summed E-state index contributed by atoms with van der Waals surface area (Å²) in [6.07, 6.45) is 1.07. The van der Waals surface area contributed by atoms with Crippen molar-refractivity contribution in [3.05, 3.63) is 59.9 Å². The monoisotopic (exact) mass is 830 g/mol. The highest BCUT2D eigenvalue weighted by molar-refractivity contribution is 7.86. The largest absolute Gasteiger partial charge is 0.475 e. The van der Waals surface area contributed by atoms with Gasteiger partial charge in [0.2, 0.25) is 11.9 Å². The zero-order chi connectivity index (χ0) is 39.6.